The summed E-state index contributed by atoms with van der Waals surface area (Å²) in [7, 11) is 0. The third kappa shape index (κ3) is 4.26. The smallest absolute Gasteiger partial charge is 0.259 e. The van der Waals surface area contributed by atoms with Gasteiger partial charge in [-0.25, -0.2) is 0 Å². The van der Waals surface area contributed by atoms with Crippen molar-refractivity contribution in [2.24, 2.45) is 0 Å². The van der Waals surface area contributed by atoms with E-state index in [-0.39, 0.29) is 12.3 Å². The minimum atomic E-state index is -0.0949. The highest BCUT2D eigenvalue weighted by atomic mass is 127. The summed E-state index contributed by atoms with van der Waals surface area (Å²) in [5.74, 6) is 0.668. The van der Waals surface area contributed by atoms with Gasteiger partial charge in [0.1, 0.15) is 5.75 Å². The lowest BCUT2D eigenvalue weighted by Crippen LogP contribution is -2.32. The van der Waals surface area contributed by atoms with E-state index in [4.69, 9.17) is 10.00 Å². The van der Waals surface area contributed by atoms with Gasteiger partial charge >= 0.3 is 0 Å². The Morgan fingerprint density at radius 1 is 1.25 bits per heavy atom. The van der Waals surface area contributed by atoms with Crippen LogP contribution in [0.3, 0.4) is 0 Å². The number of amides is 1. The number of benzene rings is 2. The summed E-state index contributed by atoms with van der Waals surface area (Å²) in [6.07, 6.45) is 0.279. The van der Waals surface area contributed by atoms with Crippen LogP contribution in [0.5, 0.6) is 5.75 Å². The van der Waals surface area contributed by atoms with Crippen molar-refractivity contribution in [1.29, 1.82) is 5.26 Å². The molecule has 0 aliphatic heterocycles. The number of nitrogens with zero attached hydrogens (tertiary/aromatic N) is 2. The molecule has 5 heteroatoms. The summed E-state index contributed by atoms with van der Waals surface area (Å²) in [5, 5.41) is 8.92. The Bertz CT molecular complexity index is 751. The number of nitriles is 1. The third-order valence-electron chi connectivity index (χ3n) is 3.57. The fraction of sp³-hybridized carbons (Fsp3) is 0.263. The molecule has 0 aliphatic rings. The number of anilines is 1. The van der Waals surface area contributed by atoms with Crippen LogP contribution in [0.25, 0.3) is 0 Å². The Balaban J connectivity index is 2.35. The lowest BCUT2D eigenvalue weighted by molar-refractivity contribution is 0.0986. The normalized spacial score (nSPS) is 10.1. The van der Waals surface area contributed by atoms with Crippen LogP contribution in [-0.2, 0) is 0 Å². The quantitative estimate of drug-likeness (QED) is 0.627. The van der Waals surface area contributed by atoms with Gasteiger partial charge in [0, 0.05) is 15.8 Å². The van der Waals surface area contributed by atoms with Crippen LogP contribution in [0.1, 0.15) is 29.3 Å². The summed E-state index contributed by atoms with van der Waals surface area (Å²) >= 11 is 2.19. The van der Waals surface area contributed by atoms with Crippen LogP contribution in [0.15, 0.2) is 42.5 Å². The maximum Gasteiger partial charge on any atom is 0.259 e. The molecule has 24 heavy (non-hydrogen) atoms. The fourth-order valence-corrected chi connectivity index (χ4v) is 2.95. The second-order valence-electron chi connectivity index (χ2n) is 5.23. The van der Waals surface area contributed by atoms with Crippen molar-refractivity contribution in [1.82, 2.24) is 0 Å². The molecule has 2 rings (SSSR count). The van der Waals surface area contributed by atoms with Gasteiger partial charge in [-0.05, 0) is 72.3 Å². The molecule has 0 N–H and O–H groups in total. The fourth-order valence-electron chi connectivity index (χ4n) is 2.36. The van der Waals surface area contributed by atoms with Gasteiger partial charge in [-0.2, -0.15) is 5.26 Å². The Labute approximate surface area is 156 Å². The second kappa shape index (κ2) is 8.69. The first-order chi connectivity index (χ1) is 11.6. The van der Waals surface area contributed by atoms with Gasteiger partial charge in [-0.1, -0.05) is 12.1 Å². The van der Waals surface area contributed by atoms with Crippen LogP contribution in [-0.4, -0.2) is 19.1 Å². The van der Waals surface area contributed by atoms with Gasteiger partial charge in [-0.15, -0.1) is 0 Å². The first kappa shape index (κ1) is 18.3. The molecule has 0 heterocycles. The molecule has 0 saturated carbocycles. The average Bonchev–Trinajstić information content (AvgIpc) is 2.59. The third-order valence-corrected chi connectivity index (χ3v) is 5.01. The number of carbonyl (C=O) groups is 1. The number of halogens is 1. The SMILES string of the molecule is CCOc1ccc(N(CCC#N)C(=O)c2cccc(C)c2I)cc1. The van der Waals surface area contributed by atoms with E-state index in [0.29, 0.717) is 18.7 Å². The minimum absolute atomic E-state index is 0.0949. The molecular weight excluding hydrogens is 415 g/mol. The van der Waals surface area contributed by atoms with Gasteiger partial charge in [-0.3, -0.25) is 4.79 Å². The number of rotatable bonds is 6. The summed E-state index contributed by atoms with van der Waals surface area (Å²) in [5.41, 5.74) is 2.48. The molecule has 2 aromatic carbocycles. The van der Waals surface area contributed by atoms with Crippen LogP contribution >= 0.6 is 22.6 Å². The van der Waals surface area contributed by atoms with Crippen molar-refractivity contribution in [3.63, 3.8) is 0 Å². The van der Waals surface area contributed by atoms with E-state index < -0.39 is 0 Å². The summed E-state index contributed by atoms with van der Waals surface area (Å²) in [6.45, 7) is 4.86. The highest BCUT2D eigenvalue weighted by Gasteiger charge is 2.20. The molecule has 0 bridgehead atoms. The molecule has 124 valence electrons. The number of ether oxygens (including phenoxy) is 1. The molecule has 0 spiro atoms. The van der Waals surface area contributed by atoms with Crippen molar-refractivity contribution in [3.8, 4) is 11.8 Å². The van der Waals surface area contributed by atoms with Crippen LogP contribution in [0, 0.1) is 21.8 Å². The molecule has 0 saturated heterocycles. The molecule has 0 aliphatic carbocycles. The molecule has 0 radical (unpaired) electrons. The highest BCUT2D eigenvalue weighted by Crippen LogP contribution is 2.24. The summed E-state index contributed by atoms with van der Waals surface area (Å²) < 4.78 is 6.38. The number of hydrogen-bond acceptors (Lipinski definition) is 3. The van der Waals surface area contributed by atoms with Gasteiger partial charge in [0.15, 0.2) is 0 Å². The van der Waals surface area contributed by atoms with Crippen molar-refractivity contribution in [2.45, 2.75) is 20.3 Å². The first-order valence-electron chi connectivity index (χ1n) is 7.75. The monoisotopic (exact) mass is 434 g/mol. The highest BCUT2D eigenvalue weighted by molar-refractivity contribution is 14.1. The summed E-state index contributed by atoms with van der Waals surface area (Å²) in [6, 6.07) is 15.2. The Morgan fingerprint density at radius 3 is 2.58 bits per heavy atom. The number of carbonyl (C=O) groups excluding carboxylic acids is 1. The zero-order valence-corrected chi connectivity index (χ0v) is 15.9. The van der Waals surface area contributed by atoms with Crippen LogP contribution < -0.4 is 9.64 Å². The molecule has 0 unspecified atom stereocenters. The Morgan fingerprint density at radius 2 is 1.96 bits per heavy atom. The van der Waals surface area contributed by atoms with Crippen molar-refractivity contribution in [2.75, 3.05) is 18.1 Å². The molecule has 2 aromatic rings. The molecular formula is C19H19IN2O2. The standard InChI is InChI=1S/C19H19IN2O2/c1-3-24-16-10-8-15(9-11-16)22(13-5-12-21)19(23)17-7-4-6-14(2)18(17)20/h4,6-11H,3,5,13H2,1-2H3. The van der Waals surface area contributed by atoms with E-state index >= 15 is 0 Å². The molecule has 1 amide bonds. The van der Waals surface area contributed by atoms with Gasteiger partial charge in [0.2, 0.25) is 0 Å². The topological polar surface area (TPSA) is 53.3 Å². The first-order valence-corrected chi connectivity index (χ1v) is 8.83. The predicted octanol–water partition coefficient (Wildman–Crippen LogP) is 4.56. The van der Waals surface area contributed by atoms with Crippen molar-refractivity contribution < 1.29 is 9.53 Å². The van der Waals surface area contributed by atoms with Gasteiger partial charge in [0.05, 0.1) is 24.7 Å². The van der Waals surface area contributed by atoms with E-state index in [2.05, 4.69) is 28.7 Å². The Hall–Kier alpha value is -2.07. The van der Waals surface area contributed by atoms with E-state index in [1.165, 1.54) is 0 Å². The lowest BCUT2D eigenvalue weighted by Gasteiger charge is -2.23. The zero-order valence-electron chi connectivity index (χ0n) is 13.8. The van der Waals surface area contributed by atoms with Gasteiger partial charge in [0.25, 0.3) is 5.91 Å². The molecule has 0 atom stereocenters. The summed E-state index contributed by atoms with van der Waals surface area (Å²) in [4.78, 5) is 14.7. The number of hydrogen-bond donors (Lipinski definition) is 0. The van der Waals surface area contributed by atoms with Crippen LogP contribution in [0.4, 0.5) is 5.69 Å². The Kier molecular flexibility index (Phi) is 6.62. The minimum Gasteiger partial charge on any atom is -0.494 e. The maximum atomic E-state index is 13.0. The average molecular weight is 434 g/mol. The van der Waals surface area contributed by atoms with Gasteiger partial charge < -0.3 is 9.64 Å². The van der Waals surface area contributed by atoms with E-state index in [0.717, 1.165) is 20.6 Å². The van der Waals surface area contributed by atoms with E-state index in [1.54, 1.807) is 4.90 Å². The van der Waals surface area contributed by atoms with Crippen molar-refractivity contribution in [3.05, 3.63) is 57.2 Å². The largest absolute Gasteiger partial charge is 0.494 e. The maximum absolute atomic E-state index is 13.0. The lowest BCUT2D eigenvalue weighted by atomic mass is 10.1. The molecule has 0 aromatic heterocycles. The molecule has 4 nitrogen and oxygen atoms in total. The number of aryl methyl sites for hydroxylation is 1. The zero-order chi connectivity index (χ0) is 17.5. The van der Waals surface area contributed by atoms with Crippen molar-refractivity contribution >= 4 is 34.2 Å². The van der Waals surface area contributed by atoms with Crippen LogP contribution in [0.2, 0.25) is 0 Å². The van der Waals surface area contributed by atoms with E-state index in [1.807, 2.05) is 56.3 Å². The second-order valence-corrected chi connectivity index (χ2v) is 6.31. The predicted molar refractivity (Wildman–Crippen MR) is 103 cm³/mol. The molecule has 0 fully saturated rings. The van der Waals surface area contributed by atoms with E-state index in [9.17, 15) is 4.79 Å².